The molecule has 1 fully saturated rings. The molecule has 1 saturated heterocycles. The smallest absolute Gasteiger partial charge is 0.243 e. The monoisotopic (exact) mass is 457 g/mol. The van der Waals surface area contributed by atoms with Gasteiger partial charge in [-0.05, 0) is 35.7 Å². The van der Waals surface area contributed by atoms with Crippen molar-refractivity contribution in [1.29, 1.82) is 0 Å². The number of hydrogen-bond acceptors (Lipinski definition) is 6. The van der Waals surface area contributed by atoms with E-state index in [-0.39, 0.29) is 23.4 Å². The van der Waals surface area contributed by atoms with Crippen LogP contribution in [-0.4, -0.2) is 70.0 Å². The zero-order chi connectivity index (χ0) is 20.9. The van der Waals surface area contributed by atoms with E-state index in [1.54, 1.807) is 11.3 Å². The van der Waals surface area contributed by atoms with Crippen molar-refractivity contribution in [3.8, 4) is 0 Å². The molecule has 1 unspecified atom stereocenters. The van der Waals surface area contributed by atoms with Gasteiger partial charge in [-0.1, -0.05) is 17.7 Å². The first kappa shape index (κ1) is 22.2. The van der Waals surface area contributed by atoms with Gasteiger partial charge < -0.3 is 10.1 Å². The van der Waals surface area contributed by atoms with Crippen LogP contribution in [0.5, 0.6) is 0 Å². The number of likely N-dealkylation sites (N-methyl/N-ethyl adjacent to an activating group) is 1. The number of benzene rings is 1. The SMILES string of the molecule is CN(CC(=O)NCC(c1cccs1)N1CCOCC1)S(=O)(=O)c1ccc(Cl)cc1. The van der Waals surface area contributed by atoms with Gasteiger partial charge in [-0.25, -0.2) is 8.42 Å². The molecule has 1 amide bonds. The number of ether oxygens (including phenoxy) is 1. The number of amides is 1. The van der Waals surface area contributed by atoms with Crippen LogP contribution in [-0.2, 0) is 19.6 Å². The predicted octanol–water partition coefficient (Wildman–Crippen LogP) is 2.21. The lowest BCUT2D eigenvalue weighted by molar-refractivity contribution is -0.121. The molecule has 1 atom stereocenters. The number of morpholine rings is 1. The molecule has 0 bridgehead atoms. The molecule has 1 aliphatic heterocycles. The molecule has 0 spiro atoms. The number of halogens is 1. The minimum Gasteiger partial charge on any atom is -0.379 e. The topological polar surface area (TPSA) is 79.0 Å². The van der Waals surface area contributed by atoms with Gasteiger partial charge in [0.25, 0.3) is 0 Å². The fourth-order valence-corrected chi connectivity index (χ4v) is 5.23. The zero-order valence-electron chi connectivity index (χ0n) is 16.1. The lowest BCUT2D eigenvalue weighted by atomic mass is 10.2. The summed E-state index contributed by atoms with van der Waals surface area (Å²) in [6.07, 6.45) is 0. The first-order valence-electron chi connectivity index (χ1n) is 9.22. The van der Waals surface area contributed by atoms with Crippen LogP contribution in [0.2, 0.25) is 5.02 Å². The van der Waals surface area contributed by atoms with E-state index in [9.17, 15) is 13.2 Å². The summed E-state index contributed by atoms with van der Waals surface area (Å²) in [6.45, 7) is 3.07. The fourth-order valence-electron chi connectivity index (χ4n) is 3.12. The third-order valence-corrected chi connectivity index (χ3v) is 7.78. The molecule has 1 N–H and O–H groups in total. The molecule has 0 aliphatic carbocycles. The third-order valence-electron chi connectivity index (χ3n) is 4.74. The van der Waals surface area contributed by atoms with Crippen LogP contribution in [0.1, 0.15) is 10.9 Å². The predicted molar refractivity (Wildman–Crippen MR) is 114 cm³/mol. The van der Waals surface area contributed by atoms with E-state index >= 15 is 0 Å². The normalized spacial score (nSPS) is 16.7. The van der Waals surface area contributed by atoms with Crippen molar-refractivity contribution in [2.24, 2.45) is 0 Å². The van der Waals surface area contributed by atoms with E-state index < -0.39 is 10.0 Å². The standard InChI is InChI=1S/C19H24ClN3O4S2/c1-22(29(25,26)16-6-4-15(20)5-7-16)14-19(24)21-13-17(18-3-2-12-28-18)23-8-10-27-11-9-23/h2-7,12,17H,8-11,13-14H2,1H3,(H,21,24). The molecule has 1 aromatic heterocycles. The highest BCUT2D eigenvalue weighted by Gasteiger charge is 2.26. The Hall–Kier alpha value is -1.49. The molecule has 0 radical (unpaired) electrons. The van der Waals surface area contributed by atoms with Crippen LogP contribution in [0.25, 0.3) is 0 Å². The van der Waals surface area contributed by atoms with E-state index in [0.29, 0.717) is 24.8 Å². The quantitative estimate of drug-likeness (QED) is 0.657. The summed E-state index contributed by atoms with van der Waals surface area (Å²) in [5.74, 6) is -0.347. The molecule has 0 saturated carbocycles. The van der Waals surface area contributed by atoms with Crippen molar-refractivity contribution in [2.45, 2.75) is 10.9 Å². The average molecular weight is 458 g/mol. The van der Waals surface area contributed by atoms with Gasteiger partial charge in [0, 0.05) is 36.6 Å². The van der Waals surface area contributed by atoms with E-state index in [4.69, 9.17) is 16.3 Å². The van der Waals surface area contributed by atoms with Crippen LogP contribution in [0.4, 0.5) is 0 Å². The third kappa shape index (κ3) is 5.78. The number of nitrogens with one attached hydrogen (secondary N) is 1. The second-order valence-electron chi connectivity index (χ2n) is 6.70. The summed E-state index contributed by atoms with van der Waals surface area (Å²) in [7, 11) is -2.37. The highest BCUT2D eigenvalue weighted by Crippen LogP contribution is 2.25. The second kappa shape index (κ2) is 10.0. The molecular weight excluding hydrogens is 434 g/mol. The van der Waals surface area contributed by atoms with Gasteiger partial charge in [0.05, 0.1) is 30.7 Å². The molecule has 3 rings (SSSR count). The number of rotatable bonds is 8. The molecule has 2 aromatic rings. The summed E-state index contributed by atoms with van der Waals surface area (Å²) < 4.78 is 31.7. The fraction of sp³-hybridized carbons (Fsp3) is 0.421. The van der Waals surface area contributed by atoms with E-state index in [1.807, 2.05) is 17.5 Å². The first-order chi connectivity index (χ1) is 13.9. The summed E-state index contributed by atoms with van der Waals surface area (Å²) in [4.78, 5) is 16.0. The molecule has 1 aliphatic rings. The van der Waals surface area contributed by atoms with Gasteiger partial charge in [-0.3, -0.25) is 9.69 Å². The Labute approximate surface area is 180 Å². The van der Waals surface area contributed by atoms with Crippen molar-refractivity contribution >= 4 is 38.9 Å². The Kier molecular flexibility index (Phi) is 7.66. The Morgan fingerprint density at radius 2 is 1.97 bits per heavy atom. The molecular formula is C19H24ClN3O4S2. The summed E-state index contributed by atoms with van der Waals surface area (Å²) in [5.41, 5.74) is 0. The van der Waals surface area contributed by atoms with Crippen molar-refractivity contribution in [3.63, 3.8) is 0 Å². The first-order valence-corrected chi connectivity index (χ1v) is 11.9. The van der Waals surface area contributed by atoms with Gasteiger partial charge in [0.1, 0.15) is 0 Å². The number of carbonyl (C=O) groups excluding carboxylic acids is 1. The highest BCUT2D eigenvalue weighted by atomic mass is 35.5. The van der Waals surface area contributed by atoms with Gasteiger partial charge in [0.15, 0.2) is 0 Å². The largest absolute Gasteiger partial charge is 0.379 e. The summed E-state index contributed by atoms with van der Waals surface area (Å²) in [5, 5.41) is 5.35. The maximum Gasteiger partial charge on any atom is 0.243 e. The summed E-state index contributed by atoms with van der Waals surface area (Å²) in [6, 6.07) is 9.96. The van der Waals surface area contributed by atoms with Gasteiger partial charge >= 0.3 is 0 Å². The van der Waals surface area contributed by atoms with E-state index in [2.05, 4.69) is 10.2 Å². The van der Waals surface area contributed by atoms with Crippen molar-refractivity contribution < 1.29 is 17.9 Å². The Balaban J connectivity index is 1.60. The maximum atomic E-state index is 12.6. The minimum absolute atomic E-state index is 0.0426. The van der Waals surface area contributed by atoms with Crippen LogP contribution >= 0.6 is 22.9 Å². The van der Waals surface area contributed by atoms with Crippen molar-refractivity contribution in [2.75, 3.05) is 46.4 Å². The Morgan fingerprint density at radius 3 is 2.59 bits per heavy atom. The molecule has 7 nitrogen and oxygen atoms in total. The second-order valence-corrected chi connectivity index (χ2v) is 10.2. The van der Waals surface area contributed by atoms with Crippen molar-refractivity contribution in [1.82, 2.24) is 14.5 Å². The Morgan fingerprint density at radius 1 is 1.28 bits per heavy atom. The number of nitrogens with zero attached hydrogens (tertiary/aromatic N) is 2. The molecule has 10 heteroatoms. The van der Waals surface area contributed by atoms with Gasteiger partial charge in [-0.2, -0.15) is 4.31 Å². The number of hydrogen-bond donors (Lipinski definition) is 1. The van der Waals surface area contributed by atoms with Crippen molar-refractivity contribution in [3.05, 3.63) is 51.7 Å². The number of carbonyl (C=O) groups is 1. The molecule has 1 aromatic carbocycles. The van der Waals surface area contributed by atoms with Crippen LogP contribution in [0.3, 0.4) is 0 Å². The van der Waals surface area contributed by atoms with Gasteiger partial charge in [0.2, 0.25) is 15.9 Å². The molecule has 2 heterocycles. The maximum absolute atomic E-state index is 12.6. The van der Waals surface area contributed by atoms with E-state index in [0.717, 1.165) is 22.3 Å². The number of sulfonamides is 1. The van der Waals surface area contributed by atoms with Gasteiger partial charge in [-0.15, -0.1) is 11.3 Å². The van der Waals surface area contributed by atoms with Crippen LogP contribution in [0.15, 0.2) is 46.7 Å². The lowest BCUT2D eigenvalue weighted by Crippen LogP contribution is -2.45. The average Bonchev–Trinajstić information content (AvgIpc) is 3.24. The highest BCUT2D eigenvalue weighted by molar-refractivity contribution is 7.89. The zero-order valence-corrected chi connectivity index (χ0v) is 18.5. The van der Waals surface area contributed by atoms with Crippen LogP contribution < -0.4 is 5.32 Å². The molecule has 29 heavy (non-hydrogen) atoms. The van der Waals surface area contributed by atoms with E-state index in [1.165, 1.54) is 31.3 Å². The van der Waals surface area contributed by atoms with Crippen LogP contribution in [0, 0.1) is 0 Å². The Bertz CT molecular complexity index is 898. The number of thiophene rings is 1. The summed E-state index contributed by atoms with van der Waals surface area (Å²) >= 11 is 7.46. The lowest BCUT2D eigenvalue weighted by Gasteiger charge is -2.34. The molecule has 158 valence electrons. The minimum atomic E-state index is -3.76.